The molecule has 144 valence electrons. The molecule has 27 heavy (non-hydrogen) atoms. The molecular formula is C15H13F4N5O3. The van der Waals surface area contributed by atoms with Crippen molar-refractivity contribution >= 4 is 23.0 Å². The molecule has 1 aliphatic rings. The highest BCUT2D eigenvalue weighted by Gasteiger charge is 2.42. The second-order valence-corrected chi connectivity index (χ2v) is 5.90. The van der Waals surface area contributed by atoms with Gasteiger partial charge in [0, 0.05) is 0 Å². The molecule has 2 atom stereocenters. The molecular weight excluding hydrogens is 374 g/mol. The summed E-state index contributed by atoms with van der Waals surface area (Å²) in [4.78, 5) is 22.3. The highest BCUT2D eigenvalue weighted by atomic mass is 19.4. The van der Waals surface area contributed by atoms with Gasteiger partial charge in [-0.1, -0.05) is 5.92 Å². The summed E-state index contributed by atoms with van der Waals surface area (Å²) in [5.41, 5.74) is 4.41. The number of aromatic nitrogens is 4. The molecule has 0 aromatic carbocycles. The van der Waals surface area contributed by atoms with Crippen LogP contribution in [0.15, 0.2) is 6.33 Å². The van der Waals surface area contributed by atoms with E-state index < -0.39 is 43.1 Å². The van der Waals surface area contributed by atoms with Crippen molar-refractivity contribution in [2.75, 3.05) is 12.3 Å². The SMILES string of the molecule is C#CC1(COC(=O)CC(F)(F)F)CCC(n2cnc3c(N)nc(F)nc32)O1. The molecule has 3 heterocycles. The van der Waals surface area contributed by atoms with Gasteiger partial charge in [-0.15, -0.1) is 6.42 Å². The Morgan fingerprint density at radius 1 is 1.52 bits per heavy atom. The highest BCUT2D eigenvalue weighted by molar-refractivity contribution is 5.81. The number of hydrogen-bond donors (Lipinski definition) is 1. The molecule has 2 unspecified atom stereocenters. The Morgan fingerprint density at radius 2 is 2.26 bits per heavy atom. The van der Waals surface area contributed by atoms with Crippen LogP contribution in [0, 0.1) is 18.4 Å². The smallest absolute Gasteiger partial charge is 0.399 e. The number of ether oxygens (including phenoxy) is 2. The van der Waals surface area contributed by atoms with Crippen LogP contribution in [0.2, 0.25) is 0 Å². The minimum atomic E-state index is -4.68. The lowest BCUT2D eigenvalue weighted by molar-refractivity contribution is -0.176. The number of nitrogen functional groups attached to an aromatic ring is 1. The topological polar surface area (TPSA) is 105 Å². The van der Waals surface area contributed by atoms with Gasteiger partial charge in [-0.3, -0.25) is 9.36 Å². The Bertz CT molecular complexity index is 923. The van der Waals surface area contributed by atoms with E-state index in [4.69, 9.17) is 16.9 Å². The molecule has 0 radical (unpaired) electrons. The van der Waals surface area contributed by atoms with Crippen LogP contribution in [0.3, 0.4) is 0 Å². The van der Waals surface area contributed by atoms with Crippen molar-refractivity contribution in [2.45, 2.75) is 37.3 Å². The quantitative estimate of drug-likeness (QED) is 0.369. The number of terminal acetylenes is 1. The van der Waals surface area contributed by atoms with Crippen LogP contribution in [-0.4, -0.2) is 43.9 Å². The maximum Gasteiger partial charge on any atom is 0.399 e. The first-order valence-corrected chi connectivity index (χ1v) is 7.66. The molecule has 0 aliphatic carbocycles. The second kappa shape index (κ2) is 6.66. The van der Waals surface area contributed by atoms with Crippen LogP contribution in [0.1, 0.15) is 25.5 Å². The maximum atomic E-state index is 13.4. The average Bonchev–Trinajstić information content (AvgIpc) is 3.16. The van der Waals surface area contributed by atoms with Crippen molar-refractivity contribution in [1.29, 1.82) is 0 Å². The van der Waals surface area contributed by atoms with E-state index >= 15 is 0 Å². The Kier molecular flexibility index (Phi) is 4.64. The zero-order chi connectivity index (χ0) is 19.8. The van der Waals surface area contributed by atoms with E-state index in [1.54, 1.807) is 0 Å². The third-order valence-corrected chi connectivity index (χ3v) is 3.96. The van der Waals surface area contributed by atoms with Crippen molar-refractivity contribution in [3.63, 3.8) is 0 Å². The summed E-state index contributed by atoms with van der Waals surface area (Å²) in [7, 11) is 0. The Morgan fingerprint density at radius 3 is 2.93 bits per heavy atom. The first-order chi connectivity index (χ1) is 12.6. The third-order valence-electron chi connectivity index (χ3n) is 3.96. The van der Waals surface area contributed by atoms with Crippen molar-refractivity contribution in [3.8, 4) is 12.3 Å². The first-order valence-electron chi connectivity index (χ1n) is 7.66. The number of esters is 1. The Hall–Kier alpha value is -2.94. The Labute approximate surface area is 149 Å². The molecule has 2 N–H and O–H groups in total. The number of carbonyl (C=O) groups excluding carboxylic acids is 1. The third kappa shape index (κ3) is 3.92. The number of alkyl halides is 3. The zero-order valence-corrected chi connectivity index (χ0v) is 13.7. The fraction of sp³-hybridized carbons (Fsp3) is 0.467. The Balaban J connectivity index is 1.75. The fourth-order valence-electron chi connectivity index (χ4n) is 2.72. The van der Waals surface area contributed by atoms with Crippen LogP contribution in [0.25, 0.3) is 11.2 Å². The number of nitrogens with zero attached hydrogens (tertiary/aromatic N) is 4. The van der Waals surface area contributed by atoms with Gasteiger partial charge in [-0.2, -0.15) is 27.5 Å². The summed E-state index contributed by atoms with van der Waals surface area (Å²) in [6.45, 7) is -0.549. The summed E-state index contributed by atoms with van der Waals surface area (Å²) >= 11 is 0. The molecule has 2 aromatic rings. The van der Waals surface area contributed by atoms with E-state index in [1.807, 2.05) is 0 Å². The van der Waals surface area contributed by atoms with Crippen LogP contribution in [-0.2, 0) is 14.3 Å². The van der Waals surface area contributed by atoms with Crippen LogP contribution in [0.5, 0.6) is 0 Å². The van der Waals surface area contributed by atoms with Crippen LogP contribution < -0.4 is 5.73 Å². The molecule has 0 spiro atoms. The number of halogens is 4. The summed E-state index contributed by atoms with van der Waals surface area (Å²) in [5, 5.41) is 0. The molecule has 1 aliphatic heterocycles. The van der Waals surface area contributed by atoms with Gasteiger partial charge < -0.3 is 15.2 Å². The van der Waals surface area contributed by atoms with Crippen molar-refractivity contribution in [3.05, 3.63) is 12.4 Å². The van der Waals surface area contributed by atoms with E-state index in [0.29, 0.717) is 6.42 Å². The van der Waals surface area contributed by atoms with Crippen LogP contribution >= 0.6 is 0 Å². The molecule has 12 heteroatoms. The summed E-state index contributed by atoms with van der Waals surface area (Å²) in [6, 6.07) is 0. The largest absolute Gasteiger partial charge is 0.461 e. The number of rotatable bonds is 4. The maximum absolute atomic E-state index is 13.4. The van der Waals surface area contributed by atoms with Crippen molar-refractivity contribution < 1.29 is 31.8 Å². The number of carbonyl (C=O) groups is 1. The van der Waals surface area contributed by atoms with Gasteiger partial charge >= 0.3 is 18.2 Å². The van der Waals surface area contributed by atoms with Gasteiger partial charge in [-0.05, 0) is 12.8 Å². The number of nitrogens with two attached hydrogens (primary N) is 1. The second-order valence-electron chi connectivity index (χ2n) is 5.90. The standard InChI is InChI=1S/C15H13F4N5O3/c1-2-14(6-26-9(25)5-15(17,18)19)4-3-8(27-14)24-7-21-10-11(20)22-13(16)23-12(10)24/h1,7-8H,3-6H2,(H2,20,22,23). The molecule has 3 rings (SSSR count). The van der Waals surface area contributed by atoms with E-state index in [0.717, 1.165) is 0 Å². The normalized spacial score (nSPS) is 22.7. The van der Waals surface area contributed by atoms with Crippen molar-refractivity contribution in [2.24, 2.45) is 0 Å². The number of imidazole rings is 1. The van der Waals surface area contributed by atoms with E-state index in [9.17, 15) is 22.4 Å². The van der Waals surface area contributed by atoms with Gasteiger partial charge in [0.1, 0.15) is 19.3 Å². The number of hydrogen-bond acceptors (Lipinski definition) is 7. The fourth-order valence-corrected chi connectivity index (χ4v) is 2.72. The first kappa shape index (κ1) is 18.8. The molecule has 1 fully saturated rings. The lowest BCUT2D eigenvalue weighted by Gasteiger charge is -2.24. The molecule has 1 saturated heterocycles. The molecule has 0 bridgehead atoms. The molecule has 0 saturated carbocycles. The van der Waals surface area contributed by atoms with Gasteiger partial charge in [0.05, 0.1) is 6.33 Å². The predicted molar refractivity (Wildman–Crippen MR) is 82.2 cm³/mol. The number of anilines is 1. The molecule has 0 amide bonds. The van der Waals surface area contributed by atoms with Gasteiger partial charge in [-0.25, -0.2) is 4.98 Å². The van der Waals surface area contributed by atoms with Gasteiger partial charge in [0.15, 0.2) is 22.6 Å². The molecule has 2 aromatic heterocycles. The lowest BCUT2D eigenvalue weighted by Crippen LogP contribution is -2.34. The summed E-state index contributed by atoms with van der Waals surface area (Å²) < 4.78 is 61.8. The minimum absolute atomic E-state index is 0.0758. The predicted octanol–water partition coefficient (Wildman–Crippen LogP) is 1.72. The zero-order valence-electron chi connectivity index (χ0n) is 13.7. The van der Waals surface area contributed by atoms with Gasteiger partial charge in [0.25, 0.3) is 0 Å². The minimum Gasteiger partial charge on any atom is -0.461 e. The van der Waals surface area contributed by atoms with Crippen molar-refractivity contribution in [1.82, 2.24) is 19.5 Å². The summed E-state index contributed by atoms with van der Waals surface area (Å²) in [6.07, 6.45) is -0.964. The number of fused-ring (bicyclic) bond motifs is 1. The molecule has 8 nitrogen and oxygen atoms in total. The monoisotopic (exact) mass is 387 g/mol. The van der Waals surface area contributed by atoms with E-state index in [1.165, 1.54) is 10.9 Å². The summed E-state index contributed by atoms with van der Waals surface area (Å²) in [5.74, 6) is 0.700. The van der Waals surface area contributed by atoms with Crippen LogP contribution in [0.4, 0.5) is 23.4 Å². The van der Waals surface area contributed by atoms with E-state index in [-0.39, 0.29) is 23.4 Å². The highest BCUT2D eigenvalue weighted by Crippen LogP contribution is 2.38. The van der Waals surface area contributed by atoms with Gasteiger partial charge in [0.2, 0.25) is 0 Å². The lowest BCUT2D eigenvalue weighted by atomic mass is 10.0. The average molecular weight is 387 g/mol. The van der Waals surface area contributed by atoms with E-state index in [2.05, 4.69) is 25.6 Å².